The Hall–Kier alpha value is -0.480. The fraction of sp³-hybridized carbons (Fsp3) is 0.222. The highest BCUT2D eigenvalue weighted by molar-refractivity contribution is 14.1. The average molecular weight is 345 g/mol. The largest absolute Gasteiger partial charge is 0.416 e. The quantitative estimate of drug-likeness (QED) is 0.559. The maximum Gasteiger partial charge on any atom is 0.416 e. The van der Waals surface area contributed by atoms with Gasteiger partial charge in [0.1, 0.15) is 0 Å². The molecule has 0 saturated heterocycles. The normalized spacial score (nSPS) is 11.2. The fourth-order valence-corrected chi connectivity index (χ4v) is 2.42. The predicted molar refractivity (Wildman–Crippen MR) is 58.4 cm³/mol. The number of nitrogens with zero attached hydrogens (tertiary/aromatic N) is 1. The molecule has 0 aromatic heterocycles. The van der Waals surface area contributed by atoms with Crippen LogP contribution in [0.5, 0.6) is 0 Å². The molecule has 1 nitrogen and oxygen atoms in total. The van der Waals surface area contributed by atoms with Crippen molar-refractivity contribution in [3.8, 4) is 6.07 Å². The molecule has 1 aromatic rings. The Balaban J connectivity index is 3.48. The van der Waals surface area contributed by atoms with Gasteiger partial charge in [0.05, 0.1) is 17.2 Å². The molecule has 0 atom stereocenters. The number of rotatable bonds is 1. The van der Waals surface area contributed by atoms with Gasteiger partial charge in [0.2, 0.25) is 0 Å². The van der Waals surface area contributed by atoms with Crippen LogP contribution in [0, 0.1) is 14.9 Å². The zero-order valence-corrected chi connectivity index (χ0v) is 10.1. The Bertz CT molecular complexity index is 423. The summed E-state index contributed by atoms with van der Waals surface area (Å²) in [6, 6.07) is 3.89. The van der Waals surface area contributed by atoms with Crippen molar-refractivity contribution in [2.75, 3.05) is 0 Å². The first-order chi connectivity index (χ1) is 6.90. The van der Waals surface area contributed by atoms with Crippen LogP contribution in [0.4, 0.5) is 13.2 Å². The van der Waals surface area contributed by atoms with E-state index in [0.717, 1.165) is 6.07 Å². The summed E-state index contributed by atoms with van der Waals surface area (Å²) < 4.78 is 38.0. The molecule has 80 valence electrons. The van der Waals surface area contributed by atoms with Crippen molar-refractivity contribution in [2.24, 2.45) is 0 Å². The molecule has 15 heavy (non-hydrogen) atoms. The van der Waals surface area contributed by atoms with Gasteiger partial charge in [0, 0.05) is 9.45 Å². The predicted octanol–water partition coefficient (Wildman–Crippen LogP) is 3.92. The second kappa shape index (κ2) is 4.58. The molecule has 1 aromatic carbocycles. The Labute approximate surface area is 103 Å². The van der Waals surface area contributed by atoms with E-state index in [-0.39, 0.29) is 17.0 Å². The number of benzene rings is 1. The van der Waals surface area contributed by atoms with Gasteiger partial charge in [-0.2, -0.15) is 18.4 Å². The van der Waals surface area contributed by atoms with Gasteiger partial charge in [-0.1, -0.05) is 0 Å². The summed E-state index contributed by atoms with van der Waals surface area (Å²) >= 11 is 7.19. The third-order valence-electron chi connectivity index (χ3n) is 1.76. The number of alkyl halides is 4. The van der Waals surface area contributed by atoms with Crippen molar-refractivity contribution in [3.05, 3.63) is 32.4 Å². The smallest absolute Gasteiger partial charge is 0.192 e. The minimum atomic E-state index is -4.48. The molecule has 1 rings (SSSR count). The van der Waals surface area contributed by atoms with Crippen molar-refractivity contribution < 1.29 is 13.2 Å². The Morgan fingerprint density at radius 1 is 1.40 bits per heavy atom. The van der Waals surface area contributed by atoms with Crippen LogP contribution in [-0.4, -0.2) is 0 Å². The molecule has 0 spiro atoms. The molecule has 0 fully saturated rings. The lowest BCUT2D eigenvalue weighted by Crippen LogP contribution is -2.10. The number of hydrogen-bond donors (Lipinski definition) is 0. The molecular formula is C9H4ClF3IN. The van der Waals surface area contributed by atoms with Crippen molar-refractivity contribution >= 4 is 34.2 Å². The molecule has 6 heteroatoms. The van der Waals surface area contributed by atoms with Crippen molar-refractivity contribution in [1.82, 2.24) is 0 Å². The molecule has 0 bridgehead atoms. The molecule has 0 aliphatic carbocycles. The van der Waals surface area contributed by atoms with Crippen LogP contribution in [-0.2, 0) is 12.1 Å². The van der Waals surface area contributed by atoms with E-state index in [2.05, 4.69) is 0 Å². The highest BCUT2D eigenvalue weighted by atomic mass is 127. The summed E-state index contributed by atoms with van der Waals surface area (Å²) in [6.45, 7) is 0. The summed E-state index contributed by atoms with van der Waals surface area (Å²) in [7, 11) is 0. The van der Waals surface area contributed by atoms with Crippen LogP contribution in [0.1, 0.15) is 16.7 Å². The second-order valence-corrected chi connectivity index (χ2v) is 4.16. The van der Waals surface area contributed by atoms with Gasteiger partial charge in [0.15, 0.2) is 0 Å². The Kier molecular flexibility index (Phi) is 3.84. The van der Waals surface area contributed by atoms with Crippen LogP contribution in [0.15, 0.2) is 12.1 Å². The maximum absolute atomic E-state index is 12.6. The highest BCUT2D eigenvalue weighted by Gasteiger charge is 2.34. The number of hydrogen-bond acceptors (Lipinski definition) is 1. The lowest BCUT2D eigenvalue weighted by atomic mass is 10.1. The fourth-order valence-electron chi connectivity index (χ4n) is 1.09. The van der Waals surface area contributed by atoms with Gasteiger partial charge in [-0.25, -0.2) is 0 Å². The number of nitriles is 1. The van der Waals surface area contributed by atoms with Crippen LogP contribution >= 0.6 is 34.2 Å². The molecular weight excluding hydrogens is 341 g/mol. The third kappa shape index (κ3) is 2.75. The first-order valence-electron chi connectivity index (χ1n) is 3.76. The van der Waals surface area contributed by atoms with Gasteiger partial charge >= 0.3 is 6.18 Å². The van der Waals surface area contributed by atoms with Gasteiger partial charge in [-0.3, -0.25) is 0 Å². The number of halogens is 5. The lowest BCUT2D eigenvalue weighted by Gasteiger charge is -2.13. The maximum atomic E-state index is 12.6. The van der Waals surface area contributed by atoms with Gasteiger partial charge < -0.3 is 0 Å². The van der Waals surface area contributed by atoms with Crippen molar-refractivity contribution in [2.45, 2.75) is 12.1 Å². The molecule has 0 saturated carbocycles. The summed E-state index contributed by atoms with van der Waals surface area (Å²) in [4.78, 5) is 0. The summed E-state index contributed by atoms with van der Waals surface area (Å²) in [5.74, 6) is -0.223. The topological polar surface area (TPSA) is 23.8 Å². The minimum absolute atomic E-state index is 0.0133. The Morgan fingerprint density at radius 3 is 2.40 bits per heavy atom. The second-order valence-electron chi connectivity index (χ2n) is 2.73. The van der Waals surface area contributed by atoms with Crippen LogP contribution < -0.4 is 0 Å². The summed E-state index contributed by atoms with van der Waals surface area (Å²) in [5.41, 5.74) is -0.828. The van der Waals surface area contributed by atoms with E-state index in [9.17, 15) is 13.2 Å². The minimum Gasteiger partial charge on any atom is -0.192 e. The van der Waals surface area contributed by atoms with Crippen LogP contribution in [0.2, 0.25) is 0 Å². The molecule has 0 unspecified atom stereocenters. The van der Waals surface area contributed by atoms with E-state index in [1.165, 1.54) is 6.07 Å². The van der Waals surface area contributed by atoms with Gasteiger partial charge in [0.25, 0.3) is 0 Å². The zero-order chi connectivity index (χ0) is 11.6. The summed E-state index contributed by atoms with van der Waals surface area (Å²) in [6.07, 6.45) is -4.48. The summed E-state index contributed by atoms with van der Waals surface area (Å²) in [5, 5.41) is 8.56. The van der Waals surface area contributed by atoms with E-state index >= 15 is 0 Å². The van der Waals surface area contributed by atoms with Crippen molar-refractivity contribution in [1.29, 1.82) is 5.26 Å². The first kappa shape index (κ1) is 12.6. The zero-order valence-electron chi connectivity index (χ0n) is 7.20. The van der Waals surface area contributed by atoms with Crippen LogP contribution in [0.25, 0.3) is 0 Å². The molecule has 0 amide bonds. The molecule has 0 N–H and O–H groups in total. The molecule has 0 radical (unpaired) electrons. The van der Waals surface area contributed by atoms with E-state index in [1.54, 1.807) is 28.7 Å². The third-order valence-corrected chi connectivity index (χ3v) is 2.99. The van der Waals surface area contributed by atoms with E-state index in [0.29, 0.717) is 3.57 Å². The van der Waals surface area contributed by atoms with E-state index < -0.39 is 11.7 Å². The van der Waals surface area contributed by atoms with Gasteiger partial charge in [-0.15, -0.1) is 11.6 Å². The molecule has 0 aliphatic rings. The molecule has 0 heterocycles. The first-order valence-corrected chi connectivity index (χ1v) is 5.37. The highest BCUT2D eigenvalue weighted by Crippen LogP contribution is 2.35. The van der Waals surface area contributed by atoms with Gasteiger partial charge in [-0.05, 0) is 40.3 Å². The SMILES string of the molecule is N#Cc1cc(I)c(CCl)c(C(F)(F)F)c1. The van der Waals surface area contributed by atoms with E-state index in [1.807, 2.05) is 0 Å². The standard InChI is InChI=1S/C9H4ClF3IN/c10-3-6-7(9(11,12)13)1-5(4-15)2-8(6)14/h1-2H,3H2. The van der Waals surface area contributed by atoms with E-state index in [4.69, 9.17) is 16.9 Å². The lowest BCUT2D eigenvalue weighted by molar-refractivity contribution is -0.138. The Morgan fingerprint density at radius 2 is 2.00 bits per heavy atom. The van der Waals surface area contributed by atoms with Crippen molar-refractivity contribution in [3.63, 3.8) is 0 Å². The monoisotopic (exact) mass is 345 g/mol. The van der Waals surface area contributed by atoms with Crippen LogP contribution in [0.3, 0.4) is 0 Å². The average Bonchev–Trinajstić information content (AvgIpc) is 2.15. The molecule has 0 aliphatic heterocycles.